The van der Waals surface area contributed by atoms with Gasteiger partial charge in [-0.25, -0.2) is 8.42 Å². The van der Waals surface area contributed by atoms with Crippen molar-refractivity contribution < 1.29 is 13.2 Å². The summed E-state index contributed by atoms with van der Waals surface area (Å²) in [6.45, 7) is 0.943. The Kier molecular flexibility index (Phi) is 6.20. The fourth-order valence-corrected chi connectivity index (χ4v) is 4.98. The lowest BCUT2D eigenvalue weighted by Crippen LogP contribution is -2.30. The Morgan fingerprint density at radius 3 is 1.74 bits per heavy atom. The van der Waals surface area contributed by atoms with Gasteiger partial charge >= 0.3 is 0 Å². The molecule has 0 bridgehead atoms. The van der Waals surface area contributed by atoms with Gasteiger partial charge in [0.25, 0.3) is 5.91 Å². The molecule has 0 spiro atoms. The Labute approximate surface area is 184 Å². The van der Waals surface area contributed by atoms with Crippen LogP contribution >= 0.6 is 0 Å². The van der Waals surface area contributed by atoms with Crippen molar-refractivity contribution >= 4 is 15.9 Å². The normalized spacial score (nSPS) is 13.9. The Hall–Kier alpha value is -2.96. The van der Waals surface area contributed by atoms with Crippen LogP contribution in [0.2, 0.25) is 0 Å². The van der Waals surface area contributed by atoms with Gasteiger partial charge in [-0.05, 0) is 48.2 Å². The molecule has 0 radical (unpaired) electrons. The molecule has 0 atom stereocenters. The van der Waals surface area contributed by atoms with Crippen LogP contribution in [0.1, 0.15) is 34.3 Å². The molecular weight excluding hydrogens is 408 g/mol. The van der Waals surface area contributed by atoms with E-state index in [1.807, 2.05) is 60.7 Å². The number of hydrogen-bond acceptors (Lipinski definition) is 3. The molecule has 6 heteroatoms. The van der Waals surface area contributed by atoms with Crippen molar-refractivity contribution in [2.24, 2.45) is 0 Å². The van der Waals surface area contributed by atoms with Crippen LogP contribution in [0.25, 0.3) is 0 Å². The molecule has 1 aliphatic rings. The third-order valence-electron chi connectivity index (χ3n) is 5.56. The van der Waals surface area contributed by atoms with Crippen LogP contribution in [0.15, 0.2) is 89.8 Å². The minimum atomic E-state index is -3.53. The zero-order valence-corrected chi connectivity index (χ0v) is 18.3. The second-order valence-electron chi connectivity index (χ2n) is 7.91. The van der Waals surface area contributed by atoms with Crippen LogP contribution in [0.4, 0.5) is 0 Å². The number of sulfonamides is 1. The van der Waals surface area contributed by atoms with E-state index in [-0.39, 0.29) is 16.8 Å². The molecule has 5 nitrogen and oxygen atoms in total. The van der Waals surface area contributed by atoms with E-state index in [9.17, 15) is 13.2 Å². The maximum atomic E-state index is 13.3. The summed E-state index contributed by atoms with van der Waals surface area (Å²) in [6, 6.07) is 26.1. The van der Waals surface area contributed by atoms with Gasteiger partial charge in [-0.3, -0.25) is 4.79 Å². The first-order valence-corrected chi connectivity index (χ1v) is 11.8. The predicted molar refractivity (Wildman–Crippen MR) is 121 cm³/mol. The van der Waals surface area contributed by atoms with Crippen molar-refractivity contribution in [1.29, 1.82) is 0 Å². The largest absolute Gasteiger partial charge is 0.330 e. The highest BCUT2D eigenvalue weighted by Gasteiger charge is 2.35. The topological polar surface area (TPSA) is 57.7 Å². The summed E-state index contributed by atoms with van der Waals surface area (Å²) in [5.41, 5.74) is 2.55. The lowest BCUT2D eigenvalue weighted by molar-refractivity contribution is 0.0730. The fourth-order valence-electron chi connectivity index (χ4n) is 3.56. The van der Waals surface area contributed by atoms with Crippen LogP contribution < -0.4 is 0 Å². The highest BCUT2D eigenvalue weighted by atomic mass is 32.2. The Bertz CT molecular complexity index is 1080. The van der Waals surface area contributed by atoms with E-state index in [2.05, 4.69) is 0 Å². The van der Waals surface area contributed by atoms with E-state index < -0.39 is 10.0 Å². The van der Waals surface area contributed by atoms with E-state index in [1.165, 1.54) is 16.4 Å². The minimum Gasteiger partial charge on any atom is -0.330 e. The number of nitrogens with zero attached hydrogens (tertiary/aromatic N) is 2. The summed E-state index contributed by atoms with van der Waals surface area (Å²) in [5, 5.41) is 0. The highest BCUT2D eigenvalue weighted by Crippen LogP contribution is 2.30. The molecule has 1 fully saturated rings. The van der Waals surface area contributed by atoms with Gasteiger partial charge in [-0.2, -0.15) is 4.31 Å². The molecule has 1 saturated carbocycles. The quantitative estimate of drug-likeness (QED) is 0.531. The summed E-state index contributed by atoms with van der Waals surface area (Å²) in [6.07, 6.45) is 1.81. The van der Waals surface area contributed by atoms with Crippen molar-refractivity contribution in [3.63, 3.8) is 0 Å². The average molecular weight is 435 g/mol. The third-order valence-corrected chi connectivity index (χ3v) is 7.48. The summed E-state index contributed by atoms with van der Waals surface area (Å²) in [5.74, 6) is -0.132. The van der Waals surface area contributed by atoms with Gasteiger partial charge in [0.2, 0.25) is 10.0 Å². The van der Waals surface area contributed by atoms with Gasteiger partial charge < -0.3 is 4.90 Å². The lowest BCUT2D eigenvalue weighted by Gasteiger charge is -2.23. The second kappa shape index (κ2) is 9.04. The average Bonchev–Trinajstić information content (AvgIpc) is 3.64. The van der Waals surface area contributed by atoms with Crippen LogP contribution in [-0.2, 0) is 23.1 Å². The number of carbonyl (C=O) groups excluding carboxylic acids is 1. The predicted octanol–water partition coefficient (Wildman–Crippen LogP) is 4.31. The molecule has 0 aromatic heterocycles. The van der Waals surface area contributed by atoms with Crippen LogP contribution in [0.3, 0.4) is 0 Å². The van der Waals surface area contributed by atoms with Crippen molar-refractivity contribution in [2.75, 3.05) is 7.05 Å². The molecule has 0 aliphatic heterocycles. The summed E-state index contributed by atoms with van der Waals surface area (Å²) in [4.78, 5) is 15.3. The van der Waals surface area contributed by atoms with Crippen LogP contribution in [-0.4, -0.2) is 36.6 Å². The number of carbonyl (C=O) groups is 1. The Morgan fingerprint density at radius 2 is 1.29 bits per heavy atom. The standard InChI is InChI=1S/C25H26N2O3S/c1-26(23-14-15-23)31(29,30)24-16-12-22(13-17-24)25(28)27(18-20-8-4-2-5-9-20)19-21-10-6-3-7-11-21/h2-13,16-17,23H,14-15,18-19H2,1H3. The van der Waals surface area contributed by atoms with Gasteiger partial charge in [-0.1, -0.05) is 60.7 Å². The highest BCUT2D eigenvalue weighted by molar-refractivity contribution is 7.89. The van der Waals surface area contributed by atoms with E-state index in [0.717, 1.165) is 24.0 Å². The zero-order chi connectivity index (χ0) is 21.8. The van der Waals surface area contributed by atoms with E-state index in [0.29, 0.717) is 18.7 Å². The SMILES string of the molecule is CN(C1CC1)S(=O)(=O)c1ccc(C(=O)N(Cc2ccccc2)Cc2ccccc2)cc1. The molecule has 0 saturated heterocycles. The van der Waals surface area contributed by atoms with Crippen molar-refractivity contribution in [3.8, 4) is 0 Å². The lowest BCUT2D eigenvalue weighted by atomic mass is 10.1. The molecule has 0 heterocycles. The Morgan fingerprint density at radius 1 is 0.806 bits per heavy atom. The van der Waals surface area contributed by atoms with Gasteiger partial charge in [0, 0.05) is 31.7 Å². The van der Waals surface area contributed by atoms with Crippen LogP contribution in [0, 0.1) is 0 Å². The summed E-state index contributed by atoms with van der Waals surface area (Å²) < 4.78 is 26.9. The molecule has 160 valence electrons. The first-order chi connectivity index (χ1) is 14.9. The first-order valence-electron chi connectivity index (χ1n) is 10.4. The molecule has 3 aromatic carbocycles. The Balaban J connectivity index is 1.57. The molecule has 1 aliphatic carbocycles. The van der Waals surface area contributed by atoms with Gasteiger partial charge in [0.15, 0.2) is 0 Å². The number of rotatable bonds is 8. The van der Waals surface area contributed by atoms with E-state index in [4.69, 9.17) is 0 Å². The molecule has 3 aromatic rings. The van der Waals surface area contributed by atoms with E-state index >= 15 is 0 Å². The van der Waals surface area contributed by atoms with Gasteiger partial charge in [0.05, 0.1) is 4.90 Å². The van der Waals surface area contributed by atoms with Gasteiger partial charge in [-0.15, -0.1) is 0 Å². The minimum absolute atomic E-state index is 0.0959. The monoisotopic (exact) mass is 434 g/mol. The molecular formula is C25H26N2O3S. The summed E-state index contributed by atoms with van der Waals surface area (Å²) in [7, 11) is -1.91. The molecule has 0 N–H and O–H groups in total. The summed E-state index contributed by atoms with van der Waals surface area (Å²) >= 11 is 0. The van der Waals surface area contributed by atoms with Crippen molar-refractivity contribution in [2.45, 2.75) is 36.9 Å². The number of amides is 1. The van der Waals surface area contributed by atoms with Crippen LogP contribution in [0.5, 0.6) is 0 Å². The molecule has 4 rings (SSSR count). The first kappa shape index (κ1) is 21.3. The maximum absolute atomic E-state index is 13.3. The molecule has 31 heavy (non-hydrogen) atoms. The third kappa shape index (κ3) is 5.03. The zero-order valence-electron chi connectivity index (χ0n) is 17.5. The maximum Gasteiger partial charge on any atom is 0.254 e. The second-order valence-corrected chi connectivity index (χ2v) is 9.91. The van der Waals surface area contributed by atoms with Gasteiger partial charge in [0.1, 0.15) is 0 Å². The van der Waals surface area contributed by atoms with Crippen molar-refractivity contribution in [1.82, 2.24) is 9.21 Å². The number of hydrogen-bond donors (Lipinski definition) is 0. The van der Waals surface area contributed by atoms with Crippen molar-refractivity contribution in [3.05, 3.63) is 102 Å². The fraction of sp³-hybridized carbons (Fsp3) is 0.240. The number of benzene rings is 3. The smallest absolute Gasteiger partial charge is 0.254 e. The molecule has 0 unspecified atom stereocenters. The molecule has 1 amide bonds. The van der Waals surface area contributed by atoms with E-state index in [1.54, 1.807) is 24.1 Å².